The molecule has 0 unspecified atom stereocenters. The standard InChI is InChI=1S/C9H14O6/c1-2-3-15-9-7(13)5(11)4(10)6(12)8(9)14/h2,4-5,7-11,13-14H,1,3H2/t4-,5-,7+,8-,9-/m1/s1. The fraction of sp³-hybridized carbons (Fsp3) is 0.667. The third kappa shape index (κ3) is 2.24. The molecule has 4 N–H and O–H groups in total. The van der Waals surface area contributed by atoms with Crippen LogP contribution < -0.4 is 0 Å². The highest BCUT2D eigenvalue weighted by molar-refractivity contribution is 5.89. The molecule has 0 radical (unpaired) electrons. The molecule has 86 valence electrons. The van der Waals surface area contributed by atoms with Crippen molar-refractivity contribution in [3.05, 3.63) is 12.7 Å². The summed E-state index contributed by atoms with van der Waals surface area (Å²) in [5, 5.41) is 37.2. The molecule has 0 aromatic heterocycles. The van der Waals surface area contributed by atoms with Gasteiger partial charge in [-0.15, -0.1) is 6.58 Å². The summed E-state index contributed by atoms with van der Waals surface area (Å²) in [5.41, 5.74) is 0. The zero-order valence-corrected chi connectivity index (χ0v) is 7.98. The maximum atomic E-state index is 11.2. The molecule has 5 atom stereocenters. The number of Topliss-reactive ketones (excluding diaryl/α,β-unsaturated/α-hetero) is 1. The molecule has 1 saturated carbocycles. The first-order valence-electron chi connectivity index (χ1n) is 4.49. The maximum absolute atomic E-state index is 11.2. The number of aliphatic hydroxyl groups excluding tert-OH is 4. The lowest BCUT2D eigenvalue weighted by Gasteiger charge is -2.36. The topological polar surface area (TPSA) is 107 Å². The second kappa shape index (κ2) is 4.82. The molecule has 1 aliphatic carbocycles. The molecule has 0 bridgehead atoms. The van der Waals surface area contributed by atoms with E-state index >= 15 is 0 Å². The van der Waals surface area contributed by atoms with Crippen molar-refractivity contribution >= 4 is 5.78 Å². The molecular weight excluding hydrogens is 204 g/mol. The van der Waals surface area contributed by atoms with Gasteiger partial charge in [0.1, 0.15) is 30.5 Å². The SMILES string of the molecule is C=CCO[C@@H]1[C@@H](O)[C@H](O)[C@@H](O)C(=O)[C@H]1O. The lowest BCUT2D eigenvalue weighted by atomic mass is 9.86. The van der Waals surface area contributed by atoms with Crippen LogP contribution in [0, 0.1) is 0 Å². The maximum Gasteiger partial charge on any atom is 0.195 e. The summed E-state index contributed by atoms with van der Waals surface area (Å²) in [4.78, 5) is 11.2. The predicted octanol–water partition coefficient (Wildman–Crippen LogP) is -2.42. The van der Waals surface area contributed by atoms with Gasteiger partial charge in [0.2, 0.25) is 0 Å². The molecule has 0 spiro atoms. The van der Waals surface area contributed by atoms with Crippen LogP contribution in [0.3, 0.4) is 0 Å². The Kier molecular flexibility index (Phi) is 3.95. The summed E-state index contributed by atoms with van der Waals surface area (Å²) in [7, 11) is 0. The Labute approximate surface area is 86.4 Å². The third-order valence-corrected chi connectivity index (χ3v) is 2.31. The first-order chi connectivity index (χ1) is 7.00. The fourth-order valence-corrected chi connectivity index (χ4v) is 1.44. The van der Waals surface area contributed by atoms with Crippen LogP contribution >= 0.6 is 0 Å². The van der Waals surface area contributed by atoms with Gasteiger partial charge in [0.05, 0.1) is 6.61 Å². The van der Waals surface area contributed by atoms with Gasteiger partial charge in [-0.3, -0.25) is 4.79 Å². The molecule has 0 saturated heterocycles. The van der Waals surface area contributed by atoms with Crippen molar-refractivity contribution in [2.24, 2.45) is 0 Å². The summed E-state index contributed by atoms with van der Waals surface area (Å²) >= 11 is 0. The van der Waals surface area contributed by atoms with E-state index in [2.05, 4.69) is 6.58 Å². The molecule has 6 nitrogen and oxygen atoms in total. The number of aliphatic hydroxyl groups is 4. The molecule has 15 heavy (non-hydrogen) atoms. The van der Waals surface area contributed by atoms with Crippen LogP contribution in [-0.4, -0.2) is 63.3 Å². The highest BCUT2D eigenvalue weighted by atomic mass is 16.5. The van der Waals surface area contributed by atoms with E-state index in [1.54, 1.807) is 0 Å². The monoisotopic (exact) mass is 218 g/mol. The molecule has 0 heterocycles. The highest BCUT2D eigenvalue weighted by Crippen LogP contribution is 2.20. The van der Waals surface area contributed by atoms with Gasteiger partial charge >= 0.3 is 0 Å². The predicted molar refractivity (Wildman–Crippen MR) is 49.0 cm³/mol. The molecule has 1 fully saturated rings. The first kappa shape index (κ1) is 12.3. The van der Waals surface area contributed by atoms with Crippen LogP contribution in [0.1, 0.15) is 0 Å². The second-order valence-corrected chi connectivity index (χ2v) is 3.36. The Balaban J connectivity index is 2.76. The Morgan fingerprint density at radius 3 is 2.33 bits per heavy atom. The second-order valence-electron chi connectivity index (χ2n) is 3.36. The van der Waals surface area contributed by atoms with Crippen molar-refractivity contribution in [2.45, 2.75) is 30.5 Å². The van der Waals surface area contributed by atoms with Crippen LogP contribution in [0.15, 0.2) is 12.7 Å². The Morgan fingerprint density at radius 2 is 1.80 bits per heavy atom. The van der Waals surface area contributed by atoms with Gasteiger partial charge in [-0.1, -0.05) is 6.08 Å². The number of ketones is 1. The number of carbonyl (C=O) groups excluding carboxylic acids is 1. The molecule has 1 aliphatic rings. The number of carbonyl (C=O) groups is 1. The van der Waals surface area contributed by atoms with Crippen molar-refractivity contribution in [3.8, 4) is 0 Å². The van der Waals surface area contributed by atoms with Crippen LogP contribution in [0.5, 0.6) is 0 Å². The van der Waals surface area contributed by atoms with Crippen molar-refractivity contribution in [1.82, 2.24) is 0 Å². The largest absolute Gasteiger partial charge is 0.387 e. The zero-order valence-electron chi connectivity index (χ0n) is 7.98. The average molecular weight is 218 g/mol. The molecule has 0 aromatic carbocycles. The zero-order chi connectivity index (χ0) is 11.6. The van der Waals surface area contributed by atoms with Gasteiger partial charge in [-0.25, -0.2) is 0 Å². The number of hydrogen-bond donors (Lipinski definition) is 4. The quantitative estimate of drug-likeness (QED) is 0.393. The van der Waals surface area contributed by atoms with Crippen molar-refractivity contribution < 1.29 is 30.0 Å². The van der Waals surface area contributed by atoms with E-state index in [1.165, 1.54) is 6.08 Å². The van der Waals surface area contributed by atoms with Gasteiger partial charge in [0.15, 0.2) is 5.78 Å². The summed E-state index contributed by atoms with van der Waals surface area (Å²) in [6.07, 6.45) is -6.43. The third-order valence-electron chi connectivity index (χ3n) is 2.31. The van der Waals surface area contributed by atoms with Gasteiger partial charge in [-0.2, -0.15) is 0 Å². The average Bonchev–Trinajstić information content (AvgIpc) is 2.24. The molecule has 0 aromatic rings. The van der Waals surface area contributed by atoms with Crippen LogP contribution in [-0.2, 0) is 9.53 Å². The molecule has 6 heteroatoms. The first-order valence-corrected chi connectivity index (χ1v) is 4.49. The Morgan fingerprint density at radius 1 is 1.20 bits per heavy atom. The van der Waals surface area contributed by atoms with E-state index in [0.717, 1.165) is 0 Å². The van der Waals surface area contributed by atoms with Crippen molar-refractivity contribution in [3.63, 3.8) is 0 Å². The summed E-state index contributed by atoms with van der Waals surface area (Å²) < 4.78 is 4.94. The number of rotatable bonds is 3. The minimum atomic E-state index is -1.78. The van der Waals surface area contributed by atoms with Crippen molar-refractivity contribution in [1.29, 1.82) is 0 Å². The molecule has 0 amide bonds. The van der Waals surface area contributed by atoms with Crippen molar-refractivity contribution in [2.75, 3.05) is 6.61 Å². The van der Waals surface area contributed by atoms with E-state index in [-0.39, 0.29) is 6.61 Å². The highest BCUT2D eigenvalue weighted by Gasteiger charge is 2.48. The Hall–Kier alpha value is -0.790. The summed E-state index contributed by atoms with van der Waals surface area (Å²) in [5.74, 6) is -0.957. The van der Waals surface area contributed by atoms with E-state index in [0.29, 0.717) is 0 Å². The van der Waals surface area contributed by atoms with E-state index in [4.69, 9.17) is 9.84 Å². The van der Waals surface area contributed by atoms with E-state index in [1.807, 2.05) is 0 Å². The number of ether oxygens (including phenoxy) is 1. The van der Waals surface area contributed by atoms with E-state index in [9.17, 15) is 20.1 Å². The van der Waals surface area contributed by atoms with Gasteiger partial charge in [0, 0.05) is 0 Å². The van der Waals surface area contributed by atoms with Gasteiger partial charge in [-0.05, 0) is 0 Å². The molecule has 0 aliphatic heterocycles. The summed E-state index contributed by atoms with van der Waals surface area (Å²) in [6, 6.07) is 0. The minimum absolute atomic E-state index is 0.0227. The summed E-state index contributed by atoms with van der Waals surface area (Å²) in [6.45, 7) is 3.39. The lowest BCUT2D eigenvalue weighted by molar-refractivity contribution is -0.193. The Bertz CT molecular complexity index is 253. The molecular formula is C9H14O6. The van der Waals surface area contributed by atoms with Gasteiger partial charge in [0.25, 0.3) is 0 Å². The van der Waals surface area contributed by atoms with Crippen LogP contribution in [0.25, 0.3) is 0 Å². The lowest BCUT2D eigenvalue weighted by Crippen LogP contribution is -2.62. The van der Waals surface area contributed by atoms with Crippen LogP contribution in [0.4, 0.5) is 0 Å². The van der Waals surface area contributed by atoms with Gasteiger partial charge < -0.3 is 25.2 Å². The number of hydrogen-bond acceptors (Lipinski definition) is 6. The normalized spacial score (nSPS) is 41.6. The molecule has 1 rings (SSSR count). The van der Waals surface area contributed by atoms with E-state index < -0.39 is 36.3 Å². The minimum Gasteiger partial charge on any atom is -0.387 e. The fourth-order valence-electron chi connectivity index (χ4n) is 1.44. The van der Waals surface area contributed by atoms with Crippen LogP contribution in [0.2, 0.25) is 0 Å². The smallest absolute Gasteiger partial charge is 0.195 e.